The minimum absolute atomic E-state index is 0.0137. The smallest absolute Gasteiger partial charge is 0.339 e. The highest BCUT2D eigenvalue weighted by Crippen LogP contribution is 2.35. The number of non-ortho nitro benzene ring substituents is 1. The monoisotopic (exact) mass is 311 g/mol. The van der Waals surface area contributed by atoms with Crippen molar-refractivity contribution in [2.24, 2.45) is 0 Å². The van der Waals surface area contributed by atoms with E-state index >= 15 is 0 Å². The molecule has 0 bridgehead atoms. The van der Waals surface area contributed by atoms with Gasteiger partial charge in [0.25, 0.3) is 5.69 Å². The first-order valence-electron chi connectivity index (χ1n) is 5.53. The molecule has 0 unspecified atom stereocenters. The Kier molecular flexibility index (Phi) is 4.04. The molecule has 0 saturated heterocycles. The summed E-state index contributed by atoms with van der Waals surface area (Å²) in [6, 6.07) is 6.70. The number of hydrogen-bond acceptors (Lipinski definition) is 4. The third-order valence-corrected chi connectivity index (χ3v) is 2.85. The highest BCUT2D eigenvalue weighted by Gasteiger charge is 2.19. The van der Waals surface area contributed by atoms with Gasteiger partial charge < -0.3 is 9.84 Å². The van der Waals surface area contributed by atoms with Crippen molar-refractivity contribution in [1.29, 1.82) is 0 Å². The Labute approximate surface area is 122 Å². The zero-order valence-corrected chi connectivity index (χ0v) is 11.0. The van der Waals surface area contributed by atoms with Crippen LogP contribution in [0.3, 0.4) is 0 Å². The summed E-state index contributed by atoms with van der Waals surface area (Å²) in [5.41, 5.74) is -0.736. The van der Waals surface area contributed by atoms with Gasteiger partial charge in [-0.3, -0.25) is 10.1 Å². The lowest BCUT2D eigenvalue weighted by atomic mass is 10.2. The Balaban J connectivity index is 2.50. The number of nitro benzene ring substituents is 1. The number of hydrogen-bond donors (Lipinski definition) is 1. The number of halogens is 2. The average molecular weight is 312 g/mol. The lowest BCUT2D eigenvalue weighted by molar-refractivity contribution is -0.384. The molecular weight excluding hydrogens is 305 g/mol. The van der Waals surface area contributed by atoms with E-state index in [1.54, 1.807) is 0 Å². The van der Waals surface area contributed by atoms with E-state index in [2.05, 4.69) is 0 Å². The lowest BCUT2D eigenvalue weighted by Gasteiger charge is -2.10. The number of nitro groups is 1. The van der Waals surface area contributed by atoms with Crippen LogP contribution in [0.15, 0.2) is 36.4 Å². The SMILES string of the molecule is O=C(O)c1cccc(F)c1Oc1cc([N+](=O)[O-])ccc1Cl. The minimum Gasteiger partial charge on any atom is -0.478 e. The van der Waals surface area contributed by atoms with Gasteiger partial charge in [-0.05, 0) is 18.2 Å². The van der Waals surface area contributed by atoms with Crippen molar-refractivity contribution in [3.8, 4) is 11.5 Å². The maximum atomic E-state index is 13.7. The number of ether oxygens (including phenoxy) is 1. The summed E-state index contributed by atoms with van der Waals surface area (Å²) in [7, 11) is 0. The molecule has 1 N–H and O–H groups in total. The Morgan fingerprint density at radius 3 is 2.67 bits per heavy atom. The van der Waals surface area contributed by atoms with Crippen molar-refractivity contribution >= 4 is 23.3 Å². The first-order chi connectivity index (χ1) is 9.90. The second kappa shape index (κ2) is 5.76. The summed E-state index contributed by atoms with van der Waals surface area (Å²) < 4.78 is 18.9. The average Bonchev–Trinajstić information content (AvgIpc) is 2.42. The molecule has 6 nitrogen and oxygen atoms in total. The first kappa shape index (κ1) is 14.7. The van der Waals surface area contributed by atoms with Crippen LogP contribution in [-0.4, -0.2) is 16.0 Å². The second-order valence-electron chi connectivity index (χ2n) is 3.90. The van der Waals surface area contributed by atoms with Crippen molar-refractivity contribution in [2.75, 3.05) is 0 Å². The van der Waals surface area contributed by atoms with E-state index in [4.69, 9.17) is 21.4 Å². The number of carboxylic acid groups (broad SMARTS) is 1. The molecule has 108 valence electrons. The van der Waals surface area contributed by atoms with E-state index in [-0.39, 0.29) is 16.5 Å². The van der Waals surface area contributed by atoms with Gasteiger partial charge >= 0.3 is 5.97 Å². The number of carbonyl (C=O) groups is 1. The van der Waals surface area contributed by atoms with Gasteiger partial charge in [0.2, 0.25) is 0 Å². The predicted octanol–water partition coefficient (Wildman–Crippen LogP) is 3.88. The second-order valence-corrected chi connectivity index (χ2v) is 4.30. The fraction of sp³-hybridized carbons (Fsp3) is 0. The molecule has 21 heavy (non-hydrogen) atoms. The van der Waals surface area contributed by atoms with Crippen LogP contribution >= 0.6 is 11.6 Å². The standard InChI is InChI=1S/C13H7ClFNO5/c14-9-5-4-7(16(19)20)6-11(9)21-12-8(13(17)18)2-1-3-10(12)15/h1-6H,(H,17,18). The third-order valence-electron chi connectivity index (χ3n) is 2.54. The summed E-state index contributed by atoms with van der Waals surface area (Å²) in [5.74, 6) is -3.09. The van der Waals surface area contributed by atoms with Gasteiger partial charge in [-0.15, -0.1) is 0 Å². The Morgan fingerprint density at radius 1 is 1.33 bits per heavy atom. The number of nitrogens with zero attached hydrogens (tertiary/aromatic N) is 1. The molecule has 0 radical (unpaired) electrons. The third kappa shape index (κ3) is 3.09. The Hall–Kier alpha value is -2.67. The van der Waals surface area contributed by atoms with Crippen LogP contribution < -0.4 is 4.74 Å². The molecule has 8 heteroatoms. The minimum atomic E-state index is -1.40. The summed E-state index contributed by atoms with van der Waals surface area (Å²) in [6.07, 6.45) is 0. The number of benzene rings is 2. The van der Waals surface area contributed by atoms with E-state index in [0.717, 1.165) is 24.3 Å². The van der Waals surface area contributed by atoms with Gasteiger partial charge in [0.05, 0.1) is 16.0 Å². The highest BCUT2D eigenvalue weighted by molar-refractivity contribution is 6.32. The lowest BCUT2D eigenvalue weighted by Crippen LogP contribution is -2.02. The van der Waals surface area contributed by atoms with Crippen molar-refractivity contribution < 1.29 is 24.0 Å². The van der Waals surface area contributed by atoms with Crippen LogP contribution in [-0.2, 0) is 0 Å². The van der Waals surface area contributed by atoms with Crippen molar-refractivity contribution in [1.82, 2.24) is 0 Å². The van der Waals surface area contributed by atoms with Crippen LogP contribution in [0.5, 0.6) is 11.5 Å². The van der Waals surface area contributed by atoms with Gasteiger partial charge in [0.15, 0.2) is 17.3 Å². The molecule has 2 aromatic carbocycles. The predicted molar refractivity (Wildman–Crippen MR) is 71.5 cm³/mol. The molecule has 0 spiro atoms. The van der Waals surface area contributed by atoms with Crippen LogP contribution in [0.1, 0.15) is 10.4 Å². The van der Waals surface area contributed by atoms with Crippen molar-refractivity contribution in [2.45, 2.75) is 0 Å². The number of para-hydroxylation sites is 1. The zero-order chi connectivity index (χ0) is 15.6. The molecule has 2 rings (SSSR count). The van der Waals surface area contributed by atoms with Crippen LogP contribution in [0.4, 0.5) is 10.1 Å². The van der Waals surface area contributed by atoms with E-state index in [1.807, 2.05) is 0 Å². The molecule has 0 aliphatic heterocycles. The summed E-state index contributed by atoms with van der Waals surface area (Å²) in [4.78, 5) is 21.1. The van der Waals surface area contributed by atoms with E-state index < -0.39 is 28.0 Å². The van der Waals surface area contributed by atoms with E-state index in [9.17, 15) is 19.3 Å². The summed E-state index contributed by atoms with van der Waals surface area (Å²) >= 11 is 5.82. The first-order valence-corrected chi connectivity index (χ1v) is 5.91. The van der Waals surface area contributed by atoms with Gasteiger partial charge in [-0.1, -0.05) is 17.7 Å². The molecule has 0 aliphatic carbocycles. The Morgan fingerprint density at radius 2 is 2.05 bits per heavy atom. The number of carboxylic acids is 1. The largest absolute Gasteiger partial charge is 0.478 e. The quantitative estimate of drug-likeness (QED) is 0.683. The summed E-state index contributed by atoms with van der Waals surface area (Å²) in [6.45, 7) is 0. The molecule has 0 atom stereocenters. The Bertz CT molecular complexity index is 734. The number of aromatic carboxylic acids is 1. The van der Waals surface area contributed by atoms with Gasteiger partial charge in [-0.2, -0.15) is 0 Å². The molecule has 2 aromatic rings. The molecule has 0 heterocycles. The molecule has 0 amide bonds. The molecule has 0 fully saturated rings. The van der Waals surface area contributed by atoms with Crippen LogP contribution in [0.2, 0.25) is 5.02 Å². The fourth-order valence-electron chi connectivity index (χ4n) is 1.57. The maximum Gasteiger partial charge on any atom is 0.339 e. The van der Waals surface area contributed by atoms with Crippen LogP contribution in [0, 0.1) is 15.9 Å². The maximum absolute atomic E-state index is 13.7. The van der Waals surface area contributed by atoms with Crippen LogP contribution in [0.25, 0.3) is 0 Å². The molecule has 0 aliphatic rings. The van der Waals surface area contributed by atoms with Crippen molar-refractivity contribution in [3.63, 3.8) is 0 Å². The van der Waals surface area contributed by atoms with E-state index in [0.29, 0.717) is 0 Å². The molecule has 0 saturated carbocycles. The number of rotatable bonds is 4. The van der Waals surface area contributed by atoms with Crippen molar-refractivity contribution in [3.05, 3.63) is 62.9 Å². The van der Waals surface area contributed by atoms with E-state index in [1.165, 1.54) is 12.1 Å². The normalized spacial score (nSPS) is 10.2. The molecule has 0 aromatic heterocycles. The topological polar surface area (TPSA) is 89.7 Å². The molecular formula is C13H7ClFNO5. The zero-order valence-electron chi connectivity index (χ0n) is 10.2. The fourth-order valence-corrected chi connectivity index (χ4v) is 1.73. The highest BCUT2D eigenvalue weighted by atomic mass is 35.5. The van der Waals surface area contributed by atoms with Gasteiger partial charge in [0.1, 0.15) is 5.56 Å². The van der Waals surface area contributed by atoms with Gasteiger partial charge in [0, 0.05) is 6.07 Å². The summed E-state index contributed by atoms with van der Waals surface area (Å²) in [5, 5.41) is 19.7. The van der Waals surface area contributed by atoms with Gasteiger partial charge in [-0.25, -0.2) is 9.18 Å².